The van der Waals surface area contributed by atoms with Crippen LogP contribution in [0.15, 0.2) is 0 Å². The van der Waals surface area contributed by atoms with Crippen LogP contribution >= 0.6 is 22.6 Å². The number of hydrogen-bond acceptors (Lipinski definition) is 3. The van der Waals surface area contributed by atoms with Crippen molar-refractivity contribution in [1.29, 1.82) is 0 Å². The van der Waals surface area contributed by atoms with Crippen LogP contribution in [0.5, 0.6) is 0 Å². The third-order valence-corrected chi connectivity index (χ3v) is 3.07. The molecule has 0 aromatic heterocycles. The molecule has 16 heavy (non-hydrogen) atoms. The second kappa shape index (κ2) is 4.77. The number of halogens is 1. The molecule has 1 heterocycles. The Balaban J connectivity index is 2.71. The van der Waals surface area contributed by atoms with Crippen LogP contribution in [0.4, 0.5) is 4.79 Å². The van der Waals surface area contributed by atoms with Crippen molar-refractivity contribution >= 4 is 34.7 Å². The van der Waals surface area contributed by atoms with Gasteiger partial charge in [-0.2, -0.15) is 0 Å². The Morgan fingerprint density at radius 2 is 2.00 bits per heavy atom. The number of alkyl halides is 1. The second-order valence-electron chi connectivity index (χ2n) is 4.82. The Hall–Kier alpha value is -0.530. The zero-order valence-corrected chi connectivity index (χ0v) is 11.7. The van der Waals surface area contributed by atoms with Gasteiger partial charge in [0, 0.05) is 10.5 Å². The molecule has 0 aliphatic carbocycles. The first-order chi connectivity index (χ1) is 7.20. The standard InChI is InChI=1S/C10H16INO4/c1-10(2,3)16-9(15)12-5-6(11)4-7(12)8(13)14/h6-7H,4-5H2,1-3H3,(H,13,14)/t6-,7+/m0/s1. The highest BCUT2D eigenvalue weighted by Gasteiger charge is 2.40. The number of ether oxygens (including phenoxy) is 1. The highest BCUT2D eigenvalue weighted by atomic mass is 127. The molecule has 1 saturated heterocycles. The molecular weight excluding hydrogens is 325 g/mol. The summed E-state index contributed by atoms with van der Waals surface area (Å²) in [5, 5.41) is 9.00. The van der Waals surface area contributed by atoms with E-state index in [4.69, 9.17) is 9.84 Å². The van der Waals surface area contributed by atoms with E-state index in [0.717, 1.165) is 0 Å². The molecule has 92 valence electrons. The van der Waals surface area contributed by atoms with Gasteiger partial charge in [0.15, 0.2) is 0 Å². The zero-order chi connectivity index (χ0) is 12.5. The van der Waals surface area contributed by atoms with Gasteiger partial charge in [-0.25, -0.2) is 9.59 Å². The van der Waals surface area contributed by atoms with E-state index < -0.39 is 23.7 Å². The molecule has 6 heteroatoms. The first-order valence-corrected chi connectivity index (χ1v) is 6.32. The Kier molecular flexibility index (Phi) is 4.03. The smallest absolute Gasteiger partial charge is 0.411 e. The van der Waals surface area contributed by atoms with Crippen molar-refractivity contribution in [3.8, 4) is 0 Å². The first kappa shape index (κ1) is 13.5. The maximum atomic E-state index is 11.8. The van der Waals surface area contributed by atoms with Crippen LogP contribution in [0.1, 0.15) is 27.2 Å². The molecule has 1 aliphatic rings. The Bertz CT molecular complexity index is 300. The van der Waals surface area contributed by atoms with E-state index in [9.17, 15) is 9.59 Å². The molecule has 1 amide bonds. The number of aliphatic carboxylic acids is 1. The predicted octanol–water partition coefficient (Wildman–Crippen LogP) is 1.88. The minimum atomic E-state index is -0.968. The molecule has 0 saturated carbocycles. The molecular formula is C10H16INO4. The number of hydrogen-bond donors (Lipinski definition) is 1. The summed E-state index contributed by atoms with van der Waals surface area (Å²) in [4.78, 5) is 24.0. The largest absolute Gasteiger partial charge is 0.480 e. The maximum Gasteiger partial charge on any atom is 0.411 e. The van der Waals surface area contributed by atoms with Gasteiger partial charge in [-0.1, -0.05) is 22.6 Å². The van der Waals surface area contributed by atoms with Crippen molar-refractivity contribution in [1.82, 2.24) is 4.90 Å². The minimum Gasteiger partial charge on any atom is -0.480 e. The molecule has 1 rings (SSSR count). The molecule has 0 aromatic carbocycles. The van der Waals surface area contributed by atoms with Crippen LogP contribution in [-0.2, 0) is 9.53 Å². The third-order valence-electron chi connectivity index (χ3n) is 2.16. The monoisotopic (exact) mass is 341 g/mol. The number of carboxylic acids is 1. The molecule has 1 N–H and O–H groups in total. The fourth-order valence-corrected chi connectivity index (χ4v) is 2.45. The highest BCUT2D eigenvalue weighted by Crippen LogP contribution is 2.25. The zero-order valence-electron chi connectivity index (χ0n) is 9.57. The second-order valence-corrected chi connectivity index (χ2v) is 6.58. The summed E-state index contributed by atoms with van der Waals surface area (Å²) in [6.07, 6.45) is -0.0612. The van der Waals surface area contributed by atoms with Gasteiger partial charge < -0.3 is 9.84 Å². The fourth-order valence-electron chi connectivity index (χ4n) is 1.54. The molecule has 1 aliphatic heterocycles. The first-order valence-electron chi connectivity index (χ1n) is 5.07. The molecule has 0 spiro atoms. The van der Waals surface area contributed by atoms with Crippen LogP contribution in [0.25, 0.3) is 0 Å². The summed E-state index contributed by atoms with van der Waals surface area (Å²) in [6.45, 7) is 5.72. The van der Waals surface area contributed by atoms with Crippen LogP contribution < -0.4 is 0 Å². The number of nitrogens with zero attached hydrogens (tertiary/aromatic N) is 1. The van der Waals surface area contributed by atoms with Gasteiger partial charge in [0.25, 0.3) is 0 Å². The van der Waals surface area contributed by atoms with E-state index in [-0.39, 0.29) is 3.92 Å². The lowest BCUT2D eigenvalue weighted by atomic mass is 10.2. The van der Waals surface area contributed by atoms with Crippen molar-refractivity contribution in [2.24, 2.45) is 0 Å². The van der Waals surface area contributed by atoms with E-state index in [0.29, 0.717) is 13.0 Å². The lowest BCUT2D eigenvalue weighted by Gasteiger charge is -2.26. The molecule has 0 radical (unpaired) electrons. The number of carbonyl (C=O) groups excluding carboxylic acids is 1. The lowest BCUT2D eigenvalue weighted by Crippen LogP contribution is -2.43. The summed E-state index contributed by atoms with van der Waals surface area (Å²) >= 11 is 2.15. The number of carbonyl (C=O) groups is 2. The fraction of sp³-hybridized carbons (Fsp3) is 0.800. The average Bonchev–Trinajstić information content (AvgIpc) is 2.44. The molecule has 0 aromatic rings. The molecule has 1 fully saturated rings. The van der Waals surface area contributed by atoms with E-state index in [2.05, 4.69) is 22.6 Å². The third kappa shape index (κ3) is 3.50. The Morgan fingerprint density at radius 1 is 1.44 bits per heavy atom. The minimum absolute atomic E-state index is 0.172. The summed E-state index contributed by atoms with van der Waals surface area (Å²) < 4.78 is 5.34. The average molecular weight is 341 g/mol. The van der Waals surface area contributed by atoms with Crippen molar-refractivity contribution in [2.75, 3.05) is 6.54 Å². The van der Waals surface area contributed by atoms with Gasteiger partial charge in [-0.15, -0.1) is 0 Å². The summed E-state index contributed by atoms with van der Waals surface area (Å²) in [5.41, 5.74) is -0.594. The van der Waals surface area contributed by atoms with Gasteiger partial charge in [0.05, 0.1) is 0 Å². The Labute approximate surface area is 108 Å². The number of amides is 1. The number of rotatable bonds is 1. The van der Waals surface area contributed by atoms with Gasteiger partial charge in [0.2, 0.25) is 0 Å². The maximum absolute atomic E-state index is 11.8. The predicted molar refractivity (Wildman–Crippen MR) is 66.8 cm³/mol. The van der Waals surface area contributed by atoms with Gasteiger partial charge in [-0.05, 0) is 27.2 Å². The van der Waals surface area contributed by atoms with Crippen molar-refractivity contribution in [2.45, 2.75) is 42.8 Å². The summed E-state index contributed by atoms with van der Waals surface area (Å²) in [7, 11) is 0. The lowest BCUT2D eigenvalue weighted by molar-refractivity contribution is -0.142. The van der Waals surface area contributed by atoms with E-state index in [1.54, 1.807) is 20.8 Å². The molecule has 0 bridgehead atoms. The van der Waals surface area contributed by atoms with E-state index >= 15 is 0 Å². The van der Waals surface area contributed by atoms with Crippen LogP contribution in [-0.4, -0.2) is 44.2 Å². The topological polar surface area (TPSA) is 66.8 Å². The van der Waals surface area contributed by atoms with Gasteiger partial charge >= 0.3 is 12.1 Å². The molecule has 5 nitrogen and oxygen atoms in total. The molecule has 2 atom stereocenters. The van der Waals surface area contributed by atoms with Crippen LogP contribution in [0.3, 0.4) is 0 Å². The van der Waals surface area contributed by atoms with Crippen LogP contribution in [0, 0.1) is 0 Å². The van der Waals surface area contributed by atoms with Crippen molar-refractivity contribution in [3.63, 3.8) is 0 Å². The summed E-state index contributed by atoms with van der Waals surface area (Å²) in [6, 6.07) is -0.753. The quantitative estimate of drug-likeness (QED) is 0.584. The van der Waals surface area contributed by atoms with Gasteiger partial charge in [0.1, 0.15) is 11.6 Å². The number of likely N-dealkylation sites (tertiary alicyclic amines) is 1. The van der Waals surface area contributed by atoms with E-state index in [1.807, 2.05) is 0 Å². The van der Waals surface area contributed by atoms with Crippen LogP contribution in [0.2, 0.25) is 0 Å². The normalized spacial score (nSPS) is 25.6. The van der Waals surface area contributed by atoms with Gasteiger partial charge in [-0.3, -0.25) is 4.90 Å². The number of carboxylic acid groups (broad SMARTS) is 1. The summed E-state index contributed by atoms with van der Waals surface area (Å²) in [5.74, 6) is -0.968. The Morgan fingerprint density at radius 3 is 2.44 bits per heavy atom. The van der Waals surface area contributed by atoms with Crippen molar-refractivity contribution < 1.29 is 19.4 Å². The molecule has 0 unspecified atom stereocenters. The van der Waals surface area contributed by atoms with E-state index in [1.165, 1.54) is 4.90 Å². The SMILES string of the molecule is CC(C)(C)OC(=O)N1C[C@@H](I)C[C@@H]1C(=O)O. The van der Waals surface area contributed by atoms with Crippen molar-refractivity contribution in [3.05, 3.63) is 0 Å². The highest BCUT2D eigenvalue weighted by molar-refractivity contribution is 14.1.